The van der Waals surface area contributed by atoms with Crippen molar-refractivity contribution < 1.29 is 39.4 Å². The molecule has 0 amide bonds. The minimum Gasteiger partial charge on any atom is -0.508 e. The number of nitrogens with one attached hydrogen (secondary N) is 2. The largest absolute Gasteiger partial charge is 0.508 e. The highest BCUT2D eigenvalue weighted by Crippen LogP contribution is 2.52. The van der Waals surface area contributed by atoms with Crippen LogP contribution in [0.15, 0.2) is 121 Å². The molecular weight excluding hydrogens is 939 g/mol. The predicted octanol–water partition coefficient (Wildman–Crippen LogP) is 10.1. The Labute approximate surface area is 440 Å². The first-order valence-corrected chi connectivity index (χ1v) is 27.3. The lowest BCUT2D eigenvalue weighted by Crippen LogP contribution is -2.47. The van der Waals surface area contributed by atoms with E-state index < -0.39 is 6.10 Å². The average molecular weight is 1010 g/mol. The summed E-state index contributed by atoms with van der Waals surface area (Å²) in [5, 5.41) is 54.2. The number of phenolic OH excluding ortho intramolecular Hbond substituents is 3. The Morgan fingerprint density at radius 1 is 0.867 bits per heavy atom. The van der Waals surface area contributed by atoms with E-state index in [4.69, 9.17) is 18.9 Å². The summed E-state index contributed by atoms with van der Waals surface area (Å²) in [4.78, 5) is 0. The number of aryl methyl sites for hydroxylation is 2. The molecule has 6 heterocycles. The van der Waals surface area contributed by atoms with Gasteiger partial charge in [-0.3, -0.25) is 5.32 Å². The quantitative estimate of drug-likeness (QED) is 0.0611. The van der Waals surface area contributed by atoms with Crippen molar-refractivity contribution >= 4 is 16.6 Å². The van der Waals surface area contributed by atoms with E-state index in [-0.39, 0.29) is 53.4 Å². The summed E-state index contributed by atoms with van der Waals surface area (Å²) in [5.74, 6) is 9.90. The maximum absolute atomic E-state index is 12.2. The van der Waals surface area contributed by atoms with Crippen molar-refractivity contribution in [3.05, 3.63) is 171 Å². The van der Waals surface area contributed by atoms with Crippen LogP contribution in [0.4, 0.5) is 0 Å². The zero-order valence-electron chi connectivity index (χ0n) is 43.0. The number of aromatic hydroxyl groups is 3. The minimum atomic E-state index is -0.586. The van der Waals surface area contributed by atoms with Gasteiger partial charge in [-0.15, -0.1) is 0 Å². The highest BCUT2D eigenvalue weighted by atomic mass is 16.5. The normalized spacial score (nSPS) is 25.4. The number of benzene rings is 5. The van der Waals surface area contributed by atoms with Crippen LogP contribution in [0.3, 0.4) is 0 Å². The summed E-state index contributed by atoms with van der Waals surface area (Å²) in [5.41, 5.74) is 11.7. The van der Waals surface area contributed by atoms with E-state index in [9.17, 15) is 20.4 Å². The summed E-state index contributed by atoms with van der Waals surface area (Å²) >= 11 is 0. The fourth-order valence-electron chi connectivity index (χ4n) is 13.4. The van der Waals surface area contributed by atoms with Gasteiger partial charge in [-0.05, 0) is 170 Å². The number of hydrogen-bond donors (Lipinski definition) is 6. The molecule has 0 radical (unpaired) electrons. The van der Waals surface area contributed by atoms with Gasteiger partial charge in [0.05, 0.1) is 32.2 Å². The molecule has 13 rings (SSSR count). The van der Waals surface area contributed by atoms with Crippen molar-refractivity contribution in [3.63, 3.8) is 0 Å². The Morgan fingerprint density at radius 2 is 1.77 bits per heavy atom. The summed E-state index contributed by atoms with van der Waals surface area (Å²) in [6.07, 6.45) is 15.8. The Bertz CT molecular complexity index is 3240. The molecule has 6 N–H and O–H groups in total. The van der Waals surface area contributed by atoms with Gasteiger partial charge in [-0.25, -0.2) is 0 Å². The first kappa shape index (κ1) is 49.4. The van der Waals surface area contributed by atoms with Crippen molar-refractivity contribution in [1.82, 2.24) is 15.2 Å². The number of dihydropyridines is 1. The number of aromatic nitrogens is 1. The lowest BCUT2D eigenvalue weighted by molar-refractivity contribution is -0.00228. The first-order chi connectivity index (χ1) is 36.7. The summed E-state index contributed by atoms with van der Waals surface area (Å²) in [6.45, 7) is 2.27. The first-order valence-electron chi connectivity index (χ1n) is 27.3. The van der Waals surface area contributed by atoms with Gasteiger partial charge in [0.25, 0.3) is 0 Å². The molecule has 7 aliphatic rings. The lowest BCUT2D eigenvalue weighted by Gasteiger charge is -2.49. The van der Waals surface area contributed by atoms with E-state index >= 15 is 0 Å². The molecule has 1 unspecified atom stereocenters. The van der Waals surface area contributed by atoms with Crippen LogP contribution in [0.2, 0.25) is 0 Å². The van der Waals surface area contributed by atoms with Gasteiger partial charge < -0.3 is 49.3 Å². The van der Waals surface area contributed by atoms with Crippen LogP contribution in [0, 0.1) is 29.6 Å². The zero-order chi connectivity index (χ0) is 51.0. The molecule has 7 atom stereocenters. The maximum Gasteiger partial charge on any atom is 0.164 e. The Balaban J connectivity index is 0.974. The zero-order valence-corrected chi connectivity index (χ0v) is 43.0. The molecule has 8 bridgehead atoms. The van der Waals surface area contributed by atoms with Crippen LogP contribution < -0.4 is 15.4 Å². The standard InChI is InChI=1S/C64H69N3O8/c1-72-39-65-61-32-45-16-14-40(12-13-41-15-22-58(69)47(26-41)27-42-7-4-9-52(68)28-42)6-5-10-53-33-60(71)46-18-21-54-44(29-46)19-23-59(70)62(54)75-36-49-31-51(30-48-34-67(35-55(48)49)63(66-61)56(45)38-74-53)64-24-25-73-37-50(64)20-17-43-8-2-3-11-57(43)64/h2-4,7-9,11,15,19,22-23,26,28,30-32,34-35,40,46,50,53,60-61,65-66,68-71H,5-6,10,12-13,17-18,20-21,24-25,27,29,33,36-39H2,1H3/t40-,46-,50-,53+,60+,61?,64-/m1/s1. The lowest BCUT2D eigenvalue weighted by atomic mass is 9.57. The fraction of sp³-hybridized carbons (Fsp3) is 0.406. The highest BCUT2D eigenvalue weighted by Gasteiger charge is 2.48. The molecule has 11 nitrogen and oxygen atoms in total. The van der Waals surface area contributed by atoms with Crippen LogP contribution >= 0.6 is 0 Å². The molecule has 388 valence electrons. The third-order valence-corrected chi connectivity index (χ3v) is 17.4. The molecule has 1 fully saturated rings. The third-order valence-electron chi connectivity index (χ3n) is 17.4. The van der Waals surface area contributed by atoms with Gasteiger partial charge in [0.2, 0.25) is 0 Å². The molecule has 2 aliphatic carbocycles. The molecule has 6 aromatic rings. The molecule has 5 aromatic carbocycles. The maximum atomic E-state index is 12.2. The number of phenols is 3. The van der Waals surface area contributed by atoms with Crippen molar-refractivity contribution in [2.75, 3.05) is 33.7 Å². The predicted molar refractivity (Wildman–Crippen MR) is 290 cm³/mol. The number of hydrogen-bond acceptors (Lipinski definition) is 10. The van der Waals surface area contributed by atoms with Crippen LogP contribution in [0.25, 0.3) is 16.6 Å². The molecule has 1 aromatic heterocycles. The topological polar surface area (TPSA) is 147 Å². The Morgan fingerprint density at radius 3 is 2.68 bits per heavy atom. The fourth-order valence-corrected chi connectivity index (χ4v) is 13.4. The van der Waals surface area contributed by atoms with Gasteiger partial charge in [-0.2, -0.15) is 0 Å². The number of aliphatic hydroxyl groups is 1. The molecule has 0 spiro atoms. The van der Waals surface area contributed by atoms with Crippen LogP contribution in [0.1, 0.15) is 101 Å². The van der Waals surface area contributed by atoms with Crippen LogP contribution in [0.5, 0.6) is 23.0 Å². The second kappa shape index (κ2) is 21.2. The number of methoxy groups -OCH3 is 1. The SMILES string of the molecule is COCNC1C=C2C#C[C@@H](CCc3ccc(O)c(Cc4cccc(O)c4)c3)CCC[C@H]3C[C@H](O)[C@@H]4CCc5c(ccc(O)c5OCc5cc([C@@]67CCOC[C@H]6CCc6ccccc67)cc6cn(cc56)C(=C2CO3)N1)C4. The monoisotopic (exact) mass is 1010 g/mol. The Kier molecular flexibility index (Phi) is 14.0. The van der Waals surface area contributed by atoms with Gasteiger partial charge in [0.15, 0.2) is 11.5 Å². The van der Waals surface area contributed by atoms with Crippen molar-refractivity contribution in [2.24, 2.45) is 17.8 Å². The number of rotatable bonds is 9. The molecular formula is C64H69N3O8. The summed E-state index contributed by atoms with van der Waals surface area (Å²) < 4.78 is 28.0. The summed E-state index contributed by atoms with van der Waals surface area (Å²) in [7, 11) is 1.68. The van der Waals surface area contributed by atoms with E-state index in [0.29, 0.717) is 63.9 Å². The van der Waals surface area contributed by atoms with Crippen molar-refractivity contribution in [2.45, 2.75) is 114 Å². The average Bonchev–Trinajstić information content (AvgIpc) is 3.86. The molecule has 5 aliphatic heterocycles. The van der Waals surface area contributed by atoms with Gasteiger partial charge >= 0.3 is 0 Å². The molecule has 0 saturated carbocycles. The van der Waals surface area contributed by atoms with Gasteiger partial charge in [0, 0.05) is 71.3 Å². The van der Waals surface area contributed by atoms with E-state index in [0.717, 1.165) is 119 Å². The minimum absolute atomic E-state index is 0.0290. The third kappa shape index (κ3) is 9.96. The molecule has 11 heteroatoms. The van der Waals surface area contributed by atoms with E-state index in [2.05, 4.69) is 88.0 Å². The summed E-state index contributed by atoms with van der Waals surface area (Å²) in [6, 6.07) is 30.6. The number of ether oxygens (including phenoxy) is 4. The Hall–Kier alpha value is -6.52. The number of aliphatic hydroxyl groups excluding tert-OH is 1. The van der Waals surface area contributed by atoms with E-state index in [1.54, 1.807) is 31.4 Å². The van der Waals surface area contributed by atoms with Crippen molar-refractivity contribution in [1.29, 1.82) is 0 Å². The number of nitrogens with zero attached hydrogens (tertiary/aromatic N) is 1. The smallest absolute Gasteiger partial charge is 0.164 e. The van der Waals surface area contributed by atoms with E-state index in [1.165, 1.54) is 16.7 Å². The van der Waals surface area contributed by atoms with Gasteiger partial charge in [-0.1, -0.05) is 72.5 Å². The number of fused-ring (bicyclic) bond motifs is 6. The van der Waals surface area contributed by atoms with E-state index in [1.807, 2.05) is 24.3 Å². The van der Waals surface area contributed by atoms with Gasteiger partial charge in [0.1, 0.15) is 30.1 Å². The second-order valence-electron chi connectivity index (χ2n) is 22.0. The van der Waals surface area contributed by atoms with Crippen molar-refractivity contribution in [3.8, 4) is 34.8 Å². The molecule has 1 saturated heterocycles. The van der Waals surface area contributed by atoms with Crippen LogP contribution in [-0.2, 0) is 58.3 Å². The van der Waals surface area contributed by atoms with Crippen LogP contribution in [-0.4, -0.2) is 77.0 Å². The second-order valence-corrected chi connectivity index (χ2v) is 22.0. The molecule has 75 heavy (non-hydrogen) atoms. The highest BCUT2D eigenvalue weighted by molar-refractivity contribution is 5.88.